The minimum atomic E-state index is -0.845. The van der Waals surface area contributed by atoms with Crippen LogP contribution in [-0.4, -0.2) is 71.0 Å². The molecule has 0 bridgehead atoms. The van der Waals surface area contributed by atoms with Gasteiger partial charge in [-0.15, -0.1) is 0 Å². The molecule has 0 heterocycles. The predicted molar refractivity (Wildman–Crippen MR) is 154 cm³/mol. The third-order valence-electron chi connectivity index (χ3n) is 7.66. The largest absolute Gasteiger partial charge is 0.444 e. The summed E-state index contributed by atoms with van der Waals surface area (Å²) in [4.78, 5) is 25.0. The highest BCUT2D eigenvalue weighted by atomic mass is 16.6. The molecule has 2 rings (SSSR count). The first-order chi connectivity index (χ1) is 18.2. The fourth-order valence-electron chi connectivity index (χ4n) is 5.77. The molecule has 2 saturated carbocycles. The number of aliphatic hydroxyl groups is 2. The minimum absolute atomic E-state index is 0.201. The Labute approximate surface area is 236 Å². The van der Waals surface area contributed by atoms with Crippen LogP contribution in [0.4, 0.5) is 9.59 Å². The molecule has 0 radical (unpaired) electrons. The molecule has 4 atom stereocenters. The van der Waals surface area contributed by atoms with Gasteiger partial charge in [-0.25, -0.2) is 9.59 Å². The van der Waals surface area contributed by atoms with Crippen molar-refractivity contribution in [1.29, 1.82) is 0 Å². The smallest absolute Gasteiger partial charge is 0.407 e. The summed E-state index contributed by atoms with van der Waals surface area (Å²) in [5.41, 5.74) is -1.25. The number of nitrogens with one attached hydrogen (secondary N) is 3. The number of ether oxygens (including phenoxy) is 2. The van der Waals surface area contributed by atoms with Gasteiger partial charge in [-0.1, -0.05) is 64.2 Å². The molecule has 2 aliphatic rings. The standard InChI is InChI=1S/C30H57N3O6/c1-29(2,3)38-27(36)32-23(17-21-13-9-7-10-14-21)25(34)19-31-20-26(35)24(18-22-15-11-8-12-16-22)33-28(37)39-30(4,5)6/h21-26,31,34-35H,7-20H2,1-6H3,(H,32,36)(H,33,37)/t23?,24?,25-,26-/m1/s1. The maximum atomic E-state index is 12.5. The Morgan fingerprint density at radius 3 is 1.31 bits per heavy atom. The summed E-state index contributed by atoms with van der Waals surface area (Å²) in [5, 5.41) is 31.1. The highest BCUT2D eigenvalue weighted by Crippen LogP contribution is 2.29. The zero-order valence-corrected chi connectivity index (χ0v) is 25.4. The molecule has 5 N–H and O–H groups in total. The van der Waals surface area contributed by atoms with Crippen LogP contribution in [-0.2, 0) is 9.47 Å². The van der Waals surface area contributed by atoms with Crippen LogP contribution in [0.15, 0.2) is 0 Å². The fourth-order valence-corrected chi connectivity index (χ4v) is 5.77. The highest BCUT2D eigenvalue weighted by Gasteiger charge is 2.30. The third kappa shape index (κ3) is 14.6. The van der Waals surface area contributed by atoms with Gasteiger partial charge < -0.3 is 35.6 Å². The van der Waals surface area contributed by atoms with Crippen LogP contribution in [0, 0.1) is 11.8 Å². The van der Waals surface area contributed by atoms with E-state index in [-0.39, 0.29) is 13.1 Å². The van der Waals surface area contributed by atoms with Crippen molar-refractivity contribution in [1.82, 2.24) is 16.0 Å². The Kier molecular flexibility index (Phi) is 13.8. The van der Waals surface area contributed by atoms with Crippen molar-refractivity contribution in [3.8, 4) is 0 Å². The van der Waals surface area contributed by atoms with Crippen molar-refractivity contribution in [3.63, 3.8) is 0 Å². The summed E-state index contributed by atoms with van der Waals surface area (Å²) in [6.45, 7) is 11.3. The molecular weight excluding hydrogens is 498 g/mol. The van der Waals surface area contributed by atoms with Crippen LogP contribution < -0.4 is 16.0 Å². The van der Waals surface area contributed by atoms with Gasteiger partial charge in [-0.05, 0) is 66.2 Å². The monoisotopic (exact) mass is 555 g/mol. The first kappa shape index (κ1) is 33.6. The van der Waals surface area contributed by atoms with Gasteiger partial charge in [-0.3, -0.25) is 0 Å². The highest BCUT2D eigenvalue weighted by molar-refractivity contribution is 5.68. The topological polar surface area (TPSA) is 129 Å². The van der Waals surface area contributed by atoms with E-state index in [1.54, 1.807) is 0 Å². The van der Waals surface area contributed by atoms with E-state index in [0.717, 1.165) is 25.7 Å². The second kappa shape index (κ2) is 16.0. The number of aliphatic hydroxyl groups excluding tert-OH is 2. The SMILES string of the molecule is CC(C)(C)OC(=O)NC(CC1CCCCC1)[C@H](O)CNC[C@@H](O)C(CC1CCCCC1)NC(=O)OC(C)(C)C. The van der Waals surface area contributed by atoms with E-state index in [4.69, 9.17) is 9.47 Å². The first-order valence-corrected chi connectivity index (χ1v) is 15.3. The van der Waals surface area contributed by atoms with Gasteiger partial charge >= 0.3 is 12.2 Å². The summed E-state index contributed by atoms with van der Waals surface area (Å²) in [6, 6.07) is -0.906. The molecule has 0 spiro atoms. The molecule has 9 heteroatoms. The van der Waals surface area contributed by atoms with Gasteiger partial charge in [0.25, 0.3) is 0 Å². The average Bonchev–Trinajstić information content (AvgIpc) is 2.82. The Bertz CT molecular complexity index is 663. The quantitative estimate of drug-likeness (QED) is 0.229. The van der Waals surface area contributed by atoms with E-state index >= 15 is 0 Å². The van der Waals surface area contributed by atoms with Crippen molar-refractivity contribution in [2.75, 3.05) is 13.1 Å². The molecule has 2 amide bonds. The molecule has 2 unspecified atom stereocenters. The van der Waals surface area contributed by atoms with Gasteiger partial charge in [0.1, 0.15) is 11.2 Å². The van der Waals surface area contributed by atoms with Gasteiger partial charge in [-0.2, -0.15) is 0 Å². The van der Waals surface area contributed by atoms with Crippen molar-refractivity contribution in [3.05, 3.63) is 0 Å². The first-order valence-electron chi connectivity index (χ1n) is 15.3. The second-order valence-corrected chi connectivity index (χ2v) is 13.8. The summed E-state index contributed by atoms with van der Waals surface area (Å²) < 4.78 is 10.9. The molecule has 0 saturated heterocycles. The third-order valence-corrected chi connectivity index (χ3v) is 7.66. The number of hydrogen-bond donors (Lipinski definition) is 5. The number of alkyl carbamates (subject to hydrolysis) is 2. The molecule has 228 valence electrons. The number of carbonyl (C=O) groups is 2. The van der Waals surface area contributed by atoms with Crippen LogP contribution in [0.5, 0.6) is 0 Å². The lowest BCUT2D eigenvalue weighted by molar-refractivity contribution is 0.0360. The lowest BCUT2D eigenvalue weighted by Crippen LogP contribution is -2.52. The van der Waals surface area contributed by atoms with Crippen LogP contribution in [0.1, 0.15) is 119 Å². The normalized spacial score (nSPS) is 20.9. The second-order valence-electron chi connectivity index (χ2n) is 13.8. The molecule has 0 aliphatic heterocycles. The van der Waals surface area contributed by atoms with Gasteiger partial charge in [0.05, 0.1) is 24.3 Å². The van der Waals surface area contributed by atoms with E-state index < -0.39 is 47.7 Å². The molecule has 2 aliphatic carbocycles. The molecule has 0 aromatic heterocycles. The number of rotatable bonds is 12. The van der Waals surface area contributed by atoms with Crippen LogP contribution in [0.3, 0.4) is 0 Å². The van der Waals surface area contributed by atoms with Gasteiger partial charge in [0.2, 0.25) is 0 Å². The average molecular weight is 556 g/mol. The Morgan fingerprint density at radius 1 is 0.667 bits per heavy atom. The van der Waals surface area contributed by atoms with E-state index in [2.05, 4.69) is 16.0 Å². The molecule has 0 aromatic rings. The predicted octanol–water partition coefficient (Wildman–Crippen LogP) is 5.03. The van der Waals surface area contributed by atoms with E-state index in [9.17, 15) is 19.8 Å². The van der Waals surface area contributed by atoms with Gasteiger partial charge in [0, 0.05) is 13.1 Å². The Hall–Kier alpha value is -1.58. The molecule has 2 fully saturated rings. The van der Waals surface area contributed by atoms with Crippen LogP contribution in [0.25, 0.3) is 0 Å². The lowest BCUT2D eigenvalue weighted by Gasteiger charge is -2.32. The Balaban J connectivity index is 1.95. The fraction of sp³-hybridized carbons (Fsp3) is 0.933. The van der Waals surface area contributed by atoms with Crippen molar-refractivity contribution in [2.24, 2.45) is 11.8 Å². The van der Waals surface area contributed by atoms with Crippen LogP contribution in [0.2, 0.25) is 0 Å². The lowest BCUT2D eigenvalue weighted by atomic mass is 9.83. The van der Waals surface area contributed by atoms with Gasteiger partial charge in [0.15, 0.2) is 0 Å². The number of amides is 2. The molecule has 9 nitrogen and oxygen atoms in total. The maximum absolute atomic E-state index is 12.5. The number of carbonyl (C=O) groups excluding carboxylic acids is 2. The Morgan fingerprint density at radius 2 is 1.00 bits per heavy atom. The van der Waals surface area contributed by atoms with Crippen molar-refractivity contribution in [2.45, 2.75) is 154 Å². The van der Waals surface area contributed by atoms with E-state index in [1.165, 1.54) is 38.5 Å². The zero-order chi connectivity index (χ0) is 29.1. The molecular formula is C30H57N3O6. The minimum Gasteiger partial charge on any atom is -0.444 e. The van der Waals surface area contributed by atoms with E-state index in [0.29, 0.717) is 24.7 Å². The summed E-state index contributed by atoms with van der Waals surface area (Å²) in [7, 11) is 0. The maximum Gasteiger partial charge on any atom is 0.407 e. The summed E-state index contributed by atoms with van der Waals surface area (Å²) in [6.07, 6.45) is 10.2. The number of hydrogen-bond acceptors (Lipinski definition) is 7. The summed E-state index contributed by atoms with van der Waals surface area (Å²) in [5.74, 6) is 0.911. The van der Waals surface area contributed by atoms with E-state index in [1.807, 2.05) is 41.5 Å². The zero-order valence-electron chi connectivity index (χ0n) is 25.4. The summed E-state index contributed by atoms with van der Waals surface area (Å²) >= 11 is 0. The molecule has 0 aromatic carbocycles. The van der Waals surface area contributed by atoms with Crippen molar-refractivity contribution < 1.29 is 29.3 Å². The van der Waals surface area contributed by atoms with Crippen molar-refractivity contribution >= 4 is 12.2 Å². The van der Waals surface area contributed by atoms with Crippen LogP contribution >= 0.6 is 0 Å². The molecule has 39 heavy (non-hydrogen) atoms.